The van der Waals surface area contributed by atoms with Crippen molar-refractivity contribution in [2.75, 3.05) is 12.8 Å². The Hall–Kier alpha value is -1.52. The van der Waals surface area contributed by atoms with Gasteiger partial charge in [-0.15, -0.1) is 11.3 Å². The van der Waals surface area contributed by atoms with Crippen molar-refractivity contribution in [1.29, 1.82) is 0 Å². The van der Waals surface area contributed by atoms with Gasteiger partial charge in [0.25, 0.3) is 5.91 Å². The van der Waals surface area contributed by atoms with Crippen LogP contribution < -0.4 is 5.32 Å². The predicted molar refractivity (Wildman–Crippen MR) is 126 cm³/mol. The molecule has 1 aromatic heterocycles. The molecule has 3 heterocycles. The van der Waals surface area contributed by atoms with Gasteiger partial charge in [-0.3, -0.25) is 9.59 Å². The van der Waals surface area contributed by atoms with E-state index >= 15 is 0 Å². The van der Waals surface area contributed by atoms with Gasteiger partial charge in [-0.2, -0.15) is 0 Å². The molecule has 2 aliphatic heterocycles. The van der Waals surface area contributed by atoms with Crippen molar-refractivity contribution in [3.63, 3.8) is 0 Å². The van der Waals surface area contributed by atoms with Crippen LogP contribution >= 0.6 is 11.3 Å². The zero-order valence-corrected chi connectivity index (χ0v) is 21.7. The lowest BCUT2D eigenvalue weighted by atomic mass is 9.88. The van der Waals surface area contributed by atoms with Gasteiger partial charge in [-0.1, -0.05) is 41.5 Å². The highest BCUT2D eigenvalue weighted by atomic mass is 32.2. The molecule has 180 valence electrons. The largest absolute Gasteiger partial charge is 0.331 e. The number of hydrogen-bond acceptors (Lipinski definition) is 7. The third kappa shape index (κ3) is 4.72. The average molecular weight is 485 g/mol. The molecular weight excluding hydrogens is 448 g/mol. The molecule has 8 nitrogen and oxygen atoms in total. The summed E-state index contributed by atoms with van der Waals surface area (Å²) in [7, 11) is -3.69. The molecule has 1 aromatic rings. The lowest BCUT2D eigenvalue weighted by Gasteiger charge is -2.28. The maximum absolute atomic E-state index is 13.4. The summed E-state index contributed by atoms with van der Waals surface area (Å²) in [6, 6.07) is -0.582. The molecule has 2 amide bonds. The normalized spacial score (nSPS) is 24.0. The number of hydrogen-bond donors (Lipinski definition) is 1. The maximum atomic E-state index is 13.4. The van der Waals surface area contributed by atoms with Crippen molar-refractivity contribution < 1.29 is 18.0 Å². The van der Waals surface area contributed by atoms with E-state index in [0.717, 1.165) is 15.6 Å². The van der Waals surface area contributed by atoms with E-state index in [9.17, 15) is 18.0 Å². The molecule has 0 saturated carbocycles. The zero-order chi connectivity index (χ0) is 24.0. The highest BCUT2D eigenvalue weighted by molar-refractivity contribution is 7.88. The minimum absolute atomic E-state index is 0.0747. The first kappa shape index (κ1) is 25.1. The molecule has 32 heavy (non-hydrogen) atoms. The summed E-state index contributed by atoms with van der Waals surface area (Å²) >= 11 is 1.45. The number of thiazole rings is 1. The van der Waals surface area contributed by atoms with Crippen LogP contribution in [0.4, 0.5) is 0 Å². The Morgan fingerprint density at radius 1 is 1.22 bits per heavy atom. The Morgan fingerprint density at radius 3 is 2.38 bits per heavy atom. The number of aromatic nitrogens is 1. The molecule has 3 atom stereocenters. The number of rotatable bonds is 8. The van der Waals surface area contributed by atoms with E-state index in [0.29, 0.717) is 43.1 Å². The molecule has 0 unspecified atom stereocenters. The van der Waals surface area contributed by atoms with Crippen molar-refractivity contribution in [2.24, 2.45) is 23.7 Å². The quantitative estimate of drug-likeness (QED) is 0.609. The van der Waals surface area contributed by atoms with Gasteiger partial charge in [-0.05, 0) is 24.2 Å². The van der Waals surface area contributed by atoms with E-state index in [2.05, 4.69) is 38.0 Å². The number of nitrogens with zero attached hydrogens (tertiary/aromatic N) is 3. The van der Waals surface area contributed by atoms with Crippen molar-refractivity contribution in [2.45, 2.75) is 72.6 Å². The van der Waals surface area contributed by atoms with Crippen LogP contribution in [0.2, 0.25) is 0 Å². The van der Waals surface area contributed by atoms with E-state index in [1.54, 1.807) is 10.3 Å². The van der Waals surface area contributed by atoms with Crippen LogP contribution in [-0.2, 0) is 21.4 Å². The molecule has 0 aromatic carbocycles. The van der Waals surface area contributed by atoms with Crippen LogP contribution in [-0.4, -0.2) is 65.3 Å². The number of sulfonamides is 1. The lowest BCUT2D eigenvalue weighted by molar-refractivity contribution is -0.129. The van der Waals surface area contributed by atoms with E-state index < -0.39 is 33.9 Å². The van der Waals surface area contributed by atoms with Crippen LogP contribution in [0.1, 0.15) is 63.5 Å². The van der Waals surface area contributed by atoms with Crippen LogP contribution in [0.25, 0.3) is 0 Å². The molecule has 1 N–H and O–H groups in total. The highest BCUT2D eigenvalue weighted by Gasteiger charge is 2.58. The number of carbonyl (C=O) groups excluding carboxylic acids is 2. The van der Waals surface area contributed by atoms with Crippen molar-refractivity contribution >= 4 is 33.2 Å². The summed E-state index contributed by atoms with van der Waals surface area (Å²) in [6.07, 6.45) is 1.53. The topological polar surface area (TPSA) is 99.7 Å². The molecular formula is C22H36N4O4S2. The third-order valence-electron chi connectivity index (χ3n) is 6.62. The minimum Gasteiger partial charge on any atom is -0.331 e. The Balaban J connectivity index is 1.78. The third-order valence-corrected chi connectivity index (χ3v) is 8.64. The first-order chi connectivity index (χ1) is 14.8. The van der Waals surface area contributed by atoms with Gasteiger partial charge in [0.05, 0.1) is 24.3 Å². The summed E-state index contributed by atoms with van der Waals surface area (Å²) in [5.41, 5.74) is 0.367. The summed E-state index contributed by atoms with van der Waals surface area (Å²) in [4.78, 5) is 32.6. The Bertz CT molecular complexity index is 949. The molecule has 0 radical (unpaired) electrons. The molecule has 0 spiro atoms. The summed E-state index contributed by atoms with van der Waals surface area (Å²) in [5, 5.41) is 6.16. The molecule has 0 aliphatic carbocycles. The molecule has 2 aliphatic rings. The number of likely N-dealkylation sites (tertiary alicyclic amines) is 1. The minimum atomic E-state index is -3.69. The first-order valence-corrected chi connectivity index (χ1v) is 14.1. The number of fused-ring (bicyclic) bond motifs is 1. The van der Waals surface area contributed by atoms with Gasteiger partial charge in [0.2, 0.25) is 15.9 Å². The van der Waals surface area contributed by atoms with Crippen LogP contribution in [0.5, 0.6) is 0 Å². The van der Waals surface area contributed by atoms with Crippen LogP contribution in [0, 0.1) is 23.7 Å². The van der Waals surface area contributed by atoms with Crippen molar-refractivity contribution in [3.05, 3.63) is 16.1 Å². The Morgan fingerprint density at radius 2 is 1.84 bits per heavy atom. The van der Waals surface area contributed by atoms with E-state index in [1.165, 1.54) is 11.3 Å². The Kier molecular flexibility index (Phi) is 7.36. The van der Waals surface area contributed by atoms with Crippen LogP contribution in [0.15, 0.2) is 5.38 Å². The fraction of sp³-hybridized carbons (Fsp3) is 0.773. The van der Waals surface area contributed by atoms with Crippen LogP contribution in [0.3, 0.4) is 0 Å². The second kappa shape index (κ2) is 9.38. The summed E-state index contributed by atoms with van der Waals surface area (Å²) in [6.45, 7) is 13.6. The van der Waals surface area contributed by atoms with Gasteiger partial charge >= 0.3 is 0 Å². The maximum Gasteiger partial charge on any atom is 0.273 e. The Labute approximate surface area is 195 Å². The number of amides is 2. The second-order valence-electron chi connectivity index (χ2n) is 10.0. The van der Waals surface area contributed by atoms with E-state index in [4.69, 9.17) is 0 Å². The lowest BCUT2D eigenvalue weighted by Crippen LogP contribution is -2.44. The second-order valence-corrected chi connectivity index (χ2v) is 12.8. The summed E-state index contributed by atoms with van der Waals surface area (Å²) in [5.74, 6) is -0.246. The number of carbonyl (C=O) groups is 2. The average Bonchev–Trinajstić information content (AvgIpc) is 3.33. The fourth-order valence-electron chi connectivity index (χ4n) is 5.35. The van der Waals surface area contributed by atoms with Gasteiger partial charge in [0, 0.05) is 24.5 Å². The molecule has 10 heteroatoms. The standard InChI is InChI=1S/C22H36N4O4S2/c1-12(2)18-20-16(26(22(18)28)32(7,29)30)8-9-25(20)21(27)15-11-31-17(24-15)10-23-19(13(3)4)14(5)6/h11-14,16,18-20,23H,8-10H2,1-7H3/t16-,18+,20-/m0/s1. The fourth-order valence-corrected chi connectivity index (χ4v) is 7.24. The summed E-state index contributed by atoms with van der Waals surface area (Å²) < 4.78 is 25.6. The van der Waals surface area contributed by atoms with Gasteiger partial charge in [-0.25, -0.2) is 17.7 Å². The van der Waals surface area contributed by atoms with E-state index in [1.807, 2.05) is 13.8 Å². The van der Waals surface area contributed by atoms with Gasteiger partial charge in [0.15, 0.2) is 0 Å². The monoisotopic (exact) mass is 484 g/mol. The molecule has 0 bridgehead atoms. The van der Waals surface area contributed by atoms with E-state index in [-0.39, 0.29) is 11.8 Å². The molecule has 3 rings (SSSR count). The van der Waals surface area contributed by atoms with Gasteiger partial charge < -0.3 is 10.2 Å². The zero-order valence-electron chi connectivity index (χ0n) is 20.0. The van der Waals surface area contributed by atoms with Gasteiger partial charge in [0.1, 0.15) is 10.7 Å². The van der Waals surface area contributed by atoms with Crippen molar-refractivity contribution in [1.82, 2.24) is 19.5 Å². The SMILES string of the molecule is CC(C)C(NCc1nc(C(=O)N2CC[C@H]3[C@H]2[C@@H](C(C)C)C(=O)N3S(C)(=O)=O)cs1)C(C)C. The van der Waals surface area contributed by atoms with Crippen molar-refractivity contribution in [3.8, 4) is 0 Å². The smallest absolute Gasteiger partial charge is 0.273 e. The highest BCUT2D eigenvalue weighted by Crippen LogP contribution is 2.41. The number of nitrogens with one attached hydrogen (secondary N) is 1. The molecule has 2 saturated heterocycles. The molecule has 2 fully saturated rings. The predicted octanol–water partition coefficient (Wildman–Crippen LogP) is 2.57. The first-order valence-electron chi connectivity index (χ1n) is 11.4.